The molecule has 1 unspecified atom stereocenters. The third kappa shape index (κ3) is 7.11. The third-order valence-electron chi connectivity index (χ3n) is 3.73. The average Bonchev–Trinajstić information content (AvgIpc) is 2.59. The minimum absolute atomic E-state index is 0.0534. The number of halogens is 6. The Balaban J connectivity index is 0.000000892. The summed E-state index contributed by atoms with van der Waals surface area (Å²) in [6.07, 6.45) is -9.70. The van der Waals surface area contributed by atoms with Gasteiger partial charge in [-0.25, -0.2) is 0 Å². The fourth-order valence-electron chi connectivity index (χ4n) is 2.31. The molecule has 2 aromatic carbocycles. The van der Waals surface area contributed by atoms with Crippen LogP contribution in [0, 0.1) is 0 Å². The van der Waals surface area contributed by atoms with E-state index in [1.807, 2.05) is 26.0 Å². The van der Waals surface area contributed by atoms with Crippen LogP contribution in [-0.4, -0.2) is 41.0 Å². The average molecular weight is 405 g/mol. The molecule has 2 nitrogen and oxygen atoms in total. The number of methoxy groups -OCH3 is 1. The first-order chi connectivity index (χ1) is 12.8. The van der Waals surface area contributed by atoms with Crippen molar-refractivity contribution in [3.05, 3.63) is 64.7 Å². The fraction of sp³-hybridized carbons (Fsp3) is 0.368. The summed E-state index contributed by atoms with van der Waals surface area (Å²) in [5, 5.41) is 0. The molecule has 0 aliphatic carbocycles. The molecule has 28 heavy (non-hydrogen) atoms. The van der Waals surface area contributed by atoms with Gasteiger partial charge in [-0.1, -0.05) is 12.1 Å². The van der Waals surface area contributed by atoms with E-state index >= 15 is 0 Å². The summed E-state index contributed by atoms with van der Waals surface area (Å²) < 4.78 is 82.5. The molecular weight excluding hydrogens is 383 g/mol. The minimum Gasteiger partial charge on any atom is -0.497 e. The van der Waals surface area contributed by atoms with E-state index in [0.29, 0.717) is 11.3 Å². The van der Waals surface area contributed by atoms with E-state index < -0.39 is 29.3 Å². The van der Waals surface area contributed by atoms with Gasteiger partial charge >= 0.3 is 12.4 Å². The van der Waals surface area contributed by atoms with Gasteiger partial charge in [-0.15, -0.1) is 0 Å². The normalized spacial score (nSPS) is 13.0. The third-order valence-corrected chi connectivity index (χ3v) is 3.73. The van der Waals surface area contributed by atoms with Gasteiger partial charge in [-0.05, 0) is 68.4 Å². The Labute approximate surface area is 161 Å². The number of nitrogens with zero attached hydrogens (tertiary/aromatic N) is 1. The van der Waals surface area contributed by atoms with Crippen LogP contribution >= 0.6 is 0 Å². The van der Waals surface area contributed by atoms with Crippen molar-refractivity contribution in [1.82, 2.24) is 4.90 Å². The van der Waals surface area contributed by atoms with Crippen LogP contribution in [0.25, 0.3) is 0 Å². The molecule has 0 heterocycles. The zero-order valence-electron chi connectivity index (χ0n) is 16.2. The van der Waals surface area contributed by atoms with E-state index in [4.69, 9.17) is 4.74 Å². The number of hydrogen-bond acceptors (Lipinski definition) is 2. The Morgan fingerprint density at radius 1 is 0.786 bits per heavy atom. The second-order valence-corrected chi connectivity index (χ2v) is 6.68. The Morgan fingerprint density at radius 2 is 1.18 bits per heavy atom. The van der Waals surface area contributed by atoms with Crippen molar-refractivity contribution in [2.24, 2.45) is 0 Å². The lowest BCUT2D eigenvalue weighted by Gasteiger charge is -2.18. The summed E-state index contributed by atoms with van der Waals surface area (Å²) in [6, 6.07) is 8.06. The molecule has 154 valence electrons. The van der Waals surface area contributed by atoms with Crippen LogP contribution in [0.15, 0.2) is 42.5 Å². The number of rotatable bonds is 3. The van der Waals surface area contributed by atoms with Gasteiger partial charge in [-0.2, -0.15) is 26.3 Å². The highest BCUT2D eigenvalue weighted by atomic mass is 19.4. The molecule has 2 aromatic rings. The van der Waals surface area contributed by atoms with Gasteiger partial charge in [0.25, 0.3) is 0 Å². The van der Waals surface area contributed by atoms with Crippen LogP contribution < -0.4 is 4.74 Å². The van der Waals surface area contributed by atoms with E-state index in [-0.39, 0.29) is 11.6 Å². The first kappa shape index (κ1) is 23.9. The molecule has 2 rings (SSSR count). The van der Waals surface area contributed by atoms with Gasteiger partial charge in [0.1, 0.15) is 13.6 Å². The number of ether oxygens (including phenoxy) is 1. The SMILES string of the molecule is BC(c1ccc(OC)cc1)c1cc(C(F)(F)F)cc(C(F)(F)F)c1.CN(C)C. The molecule has 9 heteroatoms. The predicted molar refractivity (Wildman–Crippen MR) is 99.4 cm³/mol. The summed E-state index contributed by atoms with van der Waals surface area (Å²) in [5.74, 6) is -0.0923. The molecule has 0 amide bonds. The number of benzene rings is 2. The molecule has 0 radical (unpaired) electrons. The van der Waals surface area contributed by atoms with Crippen molar-refractivity contribution in [1.29, 1.82) is 0 Å². The van der Waals surface area contributed by atoms with E-state index in [9.17, 15) is 26.3 Å². The lowest BCUT2D eigenvalue weighted by molar-refractivity contribution is -0.143. The molecule has 0 aliphatic rings. The molecular formula is C19H22BF6NO. The second-order valence-electron chi connectivity index (χ2n) is 6.68. The Morgan fingerprint density at radius 3 is 1.50 bits per heavy atom. The van der Waals surface area contributed by atoms with Crippen molar-refractivity contribution in [3.63, 3.8) is 0 Å². The van der Waals surface area contributed by atoms with Gasteiger partial charge in [0.2, 0.25) is 0 Å². The Bertz CT molecular complexity index is 721. The molecule has 0 aromatic heterocycles. The quantitative estimate of drug-likeness (QED) is 0.546. The van der Waals surface area contributed by atoms with Gasteiger partial charge in [0, 0.05) is 0 Å². The van der Waals surface area contributed by atoms with Crippen molar-refractivity contribution < 1.29 is 31.1 Å². The van der Waals surface area contributed by atoms with Crippen molar-refractivity contribution in [3.8, 4) is 5.75 Å². The van der Waals surface area contributed by atoms with Crippen LogP contribution in [0.5, 0.6) is 5.75 Å². The van der Waals surface area contributed by atoms with Crippen LogP contribution in [0.1, 0.15) is 28.1 Å². The predicted octanol–water partition coefficient (Wildman–Crippen LogP) is 4.63. The number of alkyl halides is 6. The maximum Gasteiger partial charge on any atom is 0.416 e. The molecule has 0 saturated carbocycles. The van der Waals surface area contributed by atoms with Crippen molar-refractivity contribution in [2.75, 3.05) is 28.3 Å². The molecule has 0 saturated heterocycles. The van der Waals surface area contributed by atoms with E-state index in [2.05, 4.69) is 0 Å². The highest BCUT2D eigenvalue weighted by Gasteiger charge is 2.37. The summed E-state index contributed by atoms with van der Waals surface area (Å²) in [6.45, 7) is 0. The molecule has 0 aliphatic heterocycles. The van der Waals surface area contributed by atoms with Crippen LogP contribution in [-0.2, 0) is 12.4 Å². The van der Waals surface area contributed by atoms with Crippen molar-refractivity contribution in [2.45, 2.75) is 18.2 Å². The molecule has 0 N–H and O–H groups in total. The summed E-state index contributed by atoms with van der Waals surface area (Å²) in [7, 11) is 9.01. The van der Waals surface area contributed by atoms with Gasteiger partial charge in [0.05, 0.1) is 18.2 Å². The second kappa shape index (κ2) is 9.36. The van der Waals surface area contributed by atoms with Crippen LogP contribution in [0.3, 0.4) is 0 Å². The standard InChI is InChI=1S/C16H13BF6O.C3H9N/c1-24-13-4-2-9(3-5-13)14(17)10-6-11(15(18,19)20)8-12(7-10)16(21,22)23;1-4(2)3/h2-8,14H,17H2,1H3;1-3H3. The molecule has 1 atom stereocenters. The largest absolute Gasteiger partial charge is 0.497 e. The highest BCUT2D eigenvalue weighted by Crippen LogP contribution is 2.38. The summed E-state index contributed by atoms with van der Waals surface area (Å²) in [4.78, 5) is 2.00. The zero-order valence-corrected chi connectivity index (χ0v) is 16.2. The maximum atomic E-state index is 12.9. The van der Waals surface area contributed by atoms with E-state index in [1.54, 1.807) is 32.1 Å². The lowest BCUT2D eigenvalue weighted by atomic mass is 9.75. The minimum atomic E-state index is -4.85. The van der Waals surface area contributed by atoms with Gasteiger partial charge < -0.3 is 9.64 Å². The van der Waals surface area contributed by atoms with Gasteiger partial charge in [-0.3, -0.25) is 0 Å². The topological polar surface area (TPSA) is 12.5 Å². The van der Waals surface area contributed by atoms with Crippen LogP contribution in [0.4, 0.5) is 26.3 Å². The maximum absolute atomic E-state index is 12.9. The van der Waals surface area contributed by atoms with E-state index in [1.165, 1.54) is 7.11 Å². The summed E-state index contributed by atoms with van der Waals surface area (Å²) >= 11 is 0. The first-order valence-electron chi connectivity index (χ1n) is 8.30. The smallest absolute Gasteiger partial charge is 0.416 e. The van der Waals surface area contributed by atoms with Crippen LogP contribution in [0.2, 0.25) is 0 Å². The fourth-order valence-corrected chi connectivity index (χ4v) is 2.31. The number of hydrogen-bond donors (Lipinski definition) is 0. The molecule has 0 spiro atoms. The monoisotopic (exact) mass is 405 g/mol. The highest BCUT2D eigenvalue weighted by molar-refractivity contribution is 6.14. The zero-order chi connectivity index (χ0) is 21.7. The van der Waals surface area contributed by atoms with Crippen molar-refractivity contribution >= 4 is 7.85 Å². The Hall–Kier alpha value is -2.16. The first-order valence-corrected chi connectivity index (χ1v) is 8.30. The summed E-state index contributed by atoms with van der Waals surface area (Å²) in [5.41, 5.74) is -2.09. The molecule has 0 bridgehead atoms. The molecule has 0 fully saturated rings. The van der Waals surface area contributed by atoms with Gasteiger partial charge in [0.15, 0.2) is 0 Å². The Kier molecular flexibility index (Phi) is 7.99. The van der Waals surface area contributed by atoms with E-state index in [0.717, 1.165) is 12.1 Å². The lowest BCUT2D eigenvalue weighted by Crippen LogP contribution is -2.13.